The van der Waals surface area contributed by atoms with E-state index in [9.17, 15) is 14.4 Å². The maximum absolute atomic E-state index is 12.4. The van der Waals surface area contributed by atoms with E-state index in [0.29, 0.717) is 22.7 Å². The summed E-state index contributed by atoms with van der Waals surface area (Å²) in [5, 5.41) is 5.24. The van der Waals surface area contributed by atoms with Crippen molar-refractivity contribution in [3.8, 4) is 11.5 Å². The van der Waals surface area contributed by atoms with E-state index in [1.165, 1.54) is 24.9 Å². The van der Waals surface area contributed by atoms with Gasteiger partial charge in [0.2, 0.25) is 5.91 Å². The van der Waals surface area contributed by atoms with Crippen LogP contribution in [0.15, 0.2) is 48.0 Å². The third kappa shape index (κ3) is 5.26. The smallest absolute Gasteiger partial charge is 0.265 e. The van der Waals surface area contributed by atoms with Crippen LogP contribution in [-0.2, 0) is 21.0 Å². The van der Waals surface area contributed by atoms with E-state index in [0.717, 1.165) is 5.56 Å². The molecule has 0 unspecified atom stereocenters. The summed E-state index contributed by atoms with van der Waals surface area (Å²) < 4.78 is 11.2. The number of hydrogen-bond acceptors (Lipinski definition) is 6. The molecule has 0 aromatic heterocycles. The Morgan fingerprint density at radius 3 is 2.55 bits per heavy atom. The Balaban J connectivity index is 1.79. The number of carbonyl (C=O) groups is 3. The van der Waals surface area contributed by atoms with E-state index in [4.69, 9.17) is 21.7 Å². The van der Waals surface area contributed by atoms with Crippen LogP contribution in [0.1, 0.15) is 18.1 Å². The highest BCUT2D eigenvalue weighted by Gasteiger charge is 2.30. The van der Waals surface area contributed by atoms with Gasteiger partial charge in [0, 0.05) is 25.2 Å². The van der Waals surface area contributed by atoms with Crippen molar-refractivity contribution in [3.63, 3.8) is 0 Å². The highest BCUT2D eigenvalue weighted by Crippen LogP contribution is 2.25. The SMILES string of the molecule is COc1ccc(/C=C2/C(=O)NC(=S)N(C)C2=O)cc1COc1ccc(NC(C)=O)cc1. The first-order chi connectivity index (χ1) is 14.8. The minimum absolute atomic E-state index is 0.0123. The van der Waals surface area contributed by atoms with Crippen molar-refractivity contribution in [2.45, 2.75) is 13.5 Å². The monoisotopic (exact) mass is 439 g/mol. The number of anilines is 1. The number of hydrogen-bond donors (Lipinski definition) is 2. The largest absolute Gasteiger partial charge is 0.496 e. The van der Waals surface area contributed by atoms with Crippen molar-refractivity contribution in [2.75, 3.05) is 19.5 Å². The number of nitrogens with one attached hydrogen (secondary N) is 2. The Bertz CT molecular complexity index is 1080. The minimum atomic E-state index is -0.541. The van der Waals surface area contributed by atoms with Gasteiger partial charge < -0.3 is 14.8 Å². The summed E-state index contributed by atoms with van der Waals surface area (Å²) in [5.74, 6) is 0.0525. The van der Waals surface area contributed by atoms with Gasteiger partial charge in [-0.05, 0) is 60.3 Å². The first kappa shape index (κ1) is 22.0. The number of carbonyl (C=O) groups excluding carboxylic acids is 3. The van der Waals surface area contributed by atoms with Crippen molar-refractivity contribution in [2.24, 2.45) is 0 Å². The molecule has 1 aliphatic rings. The van der Waals surface area contributed by atoms with Crippen molar-refractivity contribution in [1.82, 2.24) is 10.2 Å². The molecular formula is C22H21N3O5S. The van der Waals surface area contributed by atoms with Gasteiger partial charge in [0.05, 0.1) is 7.11 Å². The second kappa shape index (κ2) is 9.40. The minimum Gasteiger partial charge on any atom is -0.496 e. The lowest BCUT2D eigenvalue weighted by atomic mass is 10.0. The molecule has 0 aliphatic carbocycles. The van der Waals surface area contributed by atoms with E-state index in [1.54, 1.807) is 49.6 Å². The molecule has 2 N–H and O–H groups in total. The molecule has 3 amide bonds. The summed E-state index contributed by atoms with van der Waals surface area (Å²) in [6.07, 6.45) is 1.50. The molecule has 0 spiro atoms. The van der Waals surface area contributed by atoms with Gasteiger partial charge in [-0.1, -0.05) is 6.07 Å². The molecular weight excluding hydrogens is 418 g/mol. The Kier molecular flexibility index (Phi) is 6.66. The highest BCUT2D eigenvalue weighted by atomic mass is 32.1. The molecule has 9 heteroatoms. The van der Waals surface area contributed by atoms with Crippen LogP contribution in [0.4, 0.5) is 5.69 Å². The van der Waals surface area contributed by atoms with Gasteiger partial charge in [-0.15, -0.1) is 0 Å². The third-order valence-corrected chi connectivity index (χ3v) is 4.87. The van der Waals surface area contributed by atoms with Crippen LogP contribution in [0, 0.1) is 0 Å². The molecule has 8 nitrogen and oxygen atoms in total. The number of nitrogens with zero attached hydrogens (tertiary/aromatic N) is 1. The Labute approximate surface area is 184 Å². The summed E-state index contributed by atoms with van der Waals surface area (Å²) in [6, 6.07) is 12.2. The normalized spacial score (nSPS) is 15.0. The maximum Gasteiger partial charge on any atom is 0.265 e. The molecule has 0 atom stereocenters. The fourth-order valence-corrected chi connectivity index (χ4v) is 3.09. The lowest BCUT2D eigenvalue weighted by Crippen LogP contribution is -2.52. The fourth-order valence-electron chi connectivity index (χ4n) is 2.91. The summed E-state index contributed by atoms with van der Waals surface area (Å²) in [6.45, 7) is 1.64. The maximum atomic E-state index is 12.4. The predicted octanol–water partition coefficient (Wildman–Crippen LogP) is 2.49. The molecule has 1 aliphatic heterocycles. The number of methoxy groups -OCH3 is 1. The number of benzene rings is 2. The number of amides is 3. The van der Waals surface area contributed by atoms with Gasteiger partial charge in [0.25, 0.3) is 11.8 Å². The molecule has 1 saturated heterocycles. The Hall–Kier alpha value is -3.72. The molecule has 0 saturated carbocycles. The average Bonchev–Trinajstić information content (AvgIpc) is 2.74. The Morgan fingerprint density at radius 2 is 1.90 bits per heavy atom. The van der Waals surface area contributed by atoms with Gasteiger partial charge >= 0.3 is 0 Å². The number of ether oxygens (including phenoxy) is 2. The molecule has 3 rings (SSSR count). The van der Waals surface area contributed by atoms with Crippen LogP contribution in [0.3, 0.4) is 0 Å². The van der Waals surface area contributed by atoms with Crippen LogP contribution in [0.25, 0.3) is 6.08 Å². The van der Waals surface area contributed by atoms with Crippen molar-refractivity contribution in [3.05, 3.63) is 59.2 Å². The van der Waals surface area contributed by atoms with Gasteiger partial charge in [0.1, 0.15) is 23.7 Å². The van der Waals surface area contributed by atoms with Crippen LogP contribution in [-0.4, -0.2) is 41.9 Å². The standard InChI is InChI=1S/C22H21N3O5S/c1-13(26)23-16-5-7-17(8-6-16)30-12-15-10-14(4-9-19(15)29-3)11-18-20(27)24-22(31)25(2)21(18)28/h4-11H,12H2,1-3H3,(H,23,26)(H,24,27,31)/b18-11-. The van der Waals surface area contributed by atoms with Crippen molar-refractivity contribution in [1.29, 1.82) is 0 Å². The molecule has 2 aromatic carbocycles. The van der Waals surface area contributed by atoms with Gasteiger partial charge in [-0.2, -0.15) is 0 Å². The molecule has 160 valence electrons. The predicted molar refractivity (Wildman–Crippen MR) is 120 cm³/mol. The third-order valence-electron chi connectivity index (χ3n) is 4.49. The van der Waals surface area contributed by atoms with Crippen LogP contribution < -0.4 is 20.1 Å². The second-order valence-corrected chi connectivity index (χ2v) is 7.13. The van der Waals surface area contributed by atoms with Crippen LogP contribution >= 0.6 is 12.2 Å². The number of thiocarbonyl (C=S) groups is 1. The van der Waals surface area contributed by atoms with Gasteiger partial charge in [-0.3, -0.25) is 24.6 Å². The molecule has 1 fully saturated rings. The van der Waals surface area contributed by atoms with E-state index in [-0.39, 0.29) is 23.2 Å². The van der Waals surface area contributed by atoms with Gasteiger partial charge in [-0.25, -0.2) is 0 Å². The zero-order valence-electron chi connectivity index (χ0n) is 17.2. The Morgan fingerprint density at radius 1 is 1.19 bits per heavy atom. The van der Waals surface area contributed by atoms with Crippen LogP contribution in [0.2, 0.25) is 0 Å². The summed E-state index contributed by atoms with van der Waals surface area (Å²) in [4.78, 5) is 36.9. The lowest BCUT2D eigenvalue weighted by Gasteiger charge is -2.25. The molecule has 31 heavy (non-hydrogen) atoms. The molecule has 0 radical (unpaired) electrons. The molecule has 1 heterocycles. The molecule has 0 bridgehead atoms. The fraction of sp³-hybridized carbons (Fsp3) is 0.182. The first-order valence-corrected chi connectivity index (χ1v) is 9.71. The van der Waals surface area contributed by atoms with Crippen molar-refractivity contribution >= 4 is 46.8 Å². The first-order valence-electron chi connectivity index (χ1n) is 9.31. The van der Waals surface area contributed by atoms with Crippen molar-refractivity contribution < 1.29 is 23.9 Å². The number of rotatable bonds is 6. The zero-order valence-corrected chi connectivity index (χ0v) is 18.0. The quantitative estimate of drug-likeness (QED) is 0.408. The summed E-state index contributed by atoms with van der Waals surface area (Å²) in [7, 11) is 3.05. The van der Waals surface area contributed by atoms with E-state index in [1.807, 2.05) is 0 Å². The topological polar surface area (TPSA) is 97.0 Å². The highest BCUT2D eigenvalue weighted by molar-refractivity contribution is 7.80. The van der Waals surface area contributed by atoms with Gasteiger partial charge in [0.15, 0.2) is 5.11 Å². The average molecular weight is 439 g/mol. The lowest BCUT2D eigenvalue weighted by molar-refractivity contribution is -0.128. The van der Waals surface area contributed by atoms with E-state index >= 15 is 0 Å². The van der Waals surface area contributed by atoms with E-state index in [2.05, 4.69) is 10.6 Å². The second-order valence-electron chi connectivity index (χ2n) is 6.75. The summed E-state index contributed by atoms with van der Waals surface area (Å²) in [5.41, 5.74) is 2.03. The molecule has 2 aromatic rings. The summed E-state index contributed by atoms with van der Waals surface area (Å²) >= 11 is 4.96. The zero-order chi connectivity index (χ0) is 22.5. The van der Waals surface area contributed by atoms with Crippen LogP contribution in [0.5, 0.6) is 11.5 Å². The van der Waals surface area contributed by atoms with E-state index < -0.39 is 11.8 Å². The number of likely N-dealkylation sites (N-methyl/N-ethyl adjacent to an activating group) is 1.